The van der Waals surface area contributed by atoms with Crippen LogP contribution in [0.5, 0.6) is 5.75 Å². The second-order valence-corrected chi connectivity index (χ2v) is 8.91. The van der Waals surface area contributed by atoms with Crippen molar-refractivity contribution < 1.29 is 19.1 Å². The number of aryl methyl sites for hydroxylation is 1. The van der Waals surface area contributed by atoms with Gasteiger partial charge in [-0.1, -0.05) is 42.0 Å². The number of methoxy groups -OCH3 is 1. The van der Waals surface area contributed by atoms with Gasteiger partial charge in [-0.2, -0.15) is 5.10 Å². The summed E-state index contributed by atoms with van der Waals surface area (Å²) in [5.74, 6) is -0.328. The first-order chi connectivity index (χ1) is 16.7. The Balaban J connectivity index is 1.44. The molecule has 9 heteroatoms. The first kappa shape index (κ1) is 24.0. The highest BCUT2D eigenvalue weighted by Gasteiger charge is 2.46. The van der Waals surface area contributed by atoms with E-state index in [9.17, 15) is 14.4 Å². The number of carbonyl (C=O) groups excluding carboxylic acids is 3. The lowest BCUT2D eigenvalue weighted by molar-refractivity contribution is -0.132. The van der Waals surface area contributed by atoms with Crippen LogP contribution in [0.2, 0.25) is 0 Å². The molecule has 1 atom stereocenters. The lowest BCUT2D eigenvalue weighted by Crippen LogP contribution is -2.62. The molecule has 35 heavy (non-hydrogen) atoms. The van der Waals surface area contributed by atoms with Crippen molar-refractivity contribution >= 4 is 17.7 Å². The van der Waals surface area contributed by atoms with Crippen molar-refractivity contribution in [1.82, 2.24) is 25.3 Å². The van der Waals surface area contributed by atoms with E-state index in [0.717, 1.165) is 22.4 Å². The summed E-state index contributed by atoms with van der Waals surface area (Å²) in [5.41, 5.74) is 2.24. The lowest BCUT2D eigenvalue weighted by Gasteiger charge is -2.40. The smallest absolute Gasteiger partial charge is 0.272 e. The summed E-state index contributed by atoms with van der Waals surface area (Å²) in [6, 6.07) is 16.7. The zero-order chi connectivity index (χ0) is 25.2. The second-order valence-electron chi connectivity index (χ2n) is 8.91. The first-order valence-electron chi connectivity index (χ1n) is 11.3. The van der Waals surface area contributed by atoms with Crippen LogP contribution in [0.15, 0.2) is 54.6 Å². The van der Waals surface area contributed by atoms with Crippen molar-refractivity contribution in [3.05, 3.63) is 82.7 Å². The maximum Gasteiger partial charge on any atom is 0.272 e. The summed E-state index contributed by atoms with van der Waals surface area (Å²) in [5, 5.41) is 10.1. The molecule has 0 bridgehead atoms. The first-order valence-corrected chi connectivity index (χ1v) is 11.3. The SMILES string of the molecule is COc1ccc(CNC(=O)c2cc3n(n2)C[C@](C)(C(=O)NCc2ccc(C)cc2)N(C)C3=O)cc1. The van der Waals surface area contributed by atoms with Gasteiger partial charge in [0.15, 0.2) is 5.69 Å². The van der Waals surface area contributed by atoms with Crippen molar-refractivity contribution in [1.29, 1.82) is 0 Å². The minimum absolute atomic E-state index is 0.125. The monoisotopic (exact) mass is 475 g/mol. The fourth-order valence-corrected chi connectivity index (χ4v) is 3.93. The predicted octanol–water partition coefficient (Wildman–Crippen LogP) is 2.29. The second kappa shape index (κ2) is 9.61. The van der Waals surface area contributed by atoms with Crippen molar-refractivity contribution in [3.63, 3.8) is 0 Å². The Kier molecular flexibility index (Phi) is 6.59. The molecule has 3 aromatic rings. The average Bonchev–Trinajstić information content (AvgIpc) is 3.29. The highest BCUT2D eigenvalue weighted by Crippen LogP contribution is 2.26. The topological polar surface area (TPSA) is 106 Å². The number of hydrogen-bond acceptors (Lipinski definition) is 5. The van der Waals surface area contributed by atoms with Crippen LogP contribution in [0.4, 0.5) is 0 Å². The van der Waals surface area contributed by atoms with Crippen LogP contribution in [0.1, 0.15) is 44.6 Å². The van der Waals surface area contributed by atoms with E-state index in [1.165, 1.54) is 15.6 Å². The molecule has 2 N–H and O–H groups in total. The Morgan fingerprint density at radius 2 is 1.63 bits per heavy atom. The third-order valence-electron chi connectivity index (χ3n) is 6.41. The van der Waals surface area contributed by atoms with Crippen molar-refractivity contribution in [2.24, 2.45) is 0 Å². The van der Waals surface area contributed by atoms with Crippen LogP contribution in [0.3, 0.4) is 0 Å². The number of nitrogens with zero attached hydrogens (tertiary/aromatic N) is 3. The third-order valence-corrected chi connectivity index (χ3v) is 6.41. The van der Waals surface area contributed by atoms with Gasteiger partial charge in [0.25, 0.3) is 11.8 Å². The summed E-state index contributed by atoms with van der Waals surface area (Å²) >= 11 is 0. The van der Waals surface area contributed by atoms with E-state index in [4.69, 9.17) is 4.74 Å². The maximum atomic E-state index is 13.1. The van der Waals surface area contributed by atoms with Gasteiger partial charge in [-0.15, -0.1) is 0 Å². The number of hydrogen-bond donors (Lipinski definition) is 2. The number of carbonyl (C=O) groups is 3. The number of fused-ring (bicyclic) bond motifs is 1. The molecule has 0 spiro atoms. The Morgan fingerprint density at radius 3 is 2.26 bits per heavy atom. The number of likely N-dealkylation sites (N-methyl/N-ethyl adjacent to an activating group) is 1. The van der Waals surface area contributed by atoms with E-state index >= 15 is 0 Å². The Hall–Kier alpha value is -4.14. The summed E-state index contributed by atoms with van der Waals surface area (Å²) in [4.78, 5) is 40.3. The quantitative estimate of drug-likeness (QED) is 0.546. The highest BCUT2D eigenvalue weighted by molar-refractivity contribution is 6.01. The van der Waals surface area contributed by atoms with Gasteiger partial charge in [-0.05, 0) is 37.1 Å². The minimum atomic E-state index is -1.16. The molecule has 1 aliphatic heterocycles. The number of nitrogens with one attached hydrogen (secondary N) is 2. The number of rotatable bonds is 7. The number of amides is 3. The molecule has 0 fully saturated rings. The van der Waals surface area contributed by atoms with Gasteiger partial charge in [-0.25, -0.2) is 0 Å². The molecular weight excluding hydrogens is 446 g/mol. The maximum absolute atomic E-state index is 13.1. The molecule has 1 aromatic heterocycles. The zero-order valence-corrected chi connectivity index (χ0v) is 20.3. The van der Waals surface area contributed by atoms with Gasteiger partial charge in [0, 0.05) is 26.2 Å². The van der Waals surface area contributed by atoms with Crippen LogP contribution in [-0.2, 0) is 24.4 Å². The van der Waals surface area contributed by atoms with E-state index in [1.54, 1.807) is 21.1 Å². The van der Waals surface area contributed by atoms with Crippen molar-refractivity contribution in [2.75, 3.05) is 14.2 Å². The van der Waals surface area contributed by atoms with E-state index < -0.39 is 11.4 Å². The molecule has 1 aliphatic rings. The Labute approximate surface area is 204 Å². The predicted molar refractivity (Wildman–Crippen MR) is 130 cm³/mol. The van der Waals surface area contributed by atoms with Gasteiger partial charge in [-0.3, -0.25) is 19.1 Å². The minimum Gasteiger partial charge on any atom is -0.497 e. The fraction of sp³-hybridized carbons (Fsp3) is 0.308. The summed E-state index contributed by atoms with van der Waals surface area (Å²) in [6.07, 6.45) is 0. The lowest BCUT2D eigenvalue weighted by atomic mass is 9.95. The van der Waals surface area contributed by atoms with E-state index in [-0.39, 0.29) is 29.7 Å². The largest absolute Gasteiger partial charge is 0.497 e. The fourth-order valence-electron chi connectivity index (χ4n) is 3.93. The molecular formula is C26H29N5O4. The summed E-state index contributed by atoms with van der Waals surface area (Å²) in [6.45, 7) is 4.49. The van der Waals surface area contributed by atoms with E-state index in [0.29, 0.717) is 13.1 Å². The standard InChI is InChI=1S/C26H29N5O4/c1-17-5-7-18(8-6-17)15-28-25(34)26(2)16-31-22(24(33)30(26)3)13-21(29-31)23(32)27-14-19-9-11-20(35-4)12-10-19/h5-13H,14-16H2,1-4H3,(H,27,32)(H,28,34)/t26-/m1/s1. The molecule has 9 nitrogen and oxygen atoms in total. The van der Waals surface area contributed by atoms with Gasteiger partial charge < -0.3 is 20.3 Å². The molecule has 0 saturated heterocycles. The number of benzene rings is 2. The van der Waals surface area contributed by atoms with Gasteiger partial charge in [0.05, 0.1) is 13.7 Å². The molecule has 182 valence electrons. The molecule has 0 radical (unpaired) electrons. The Morgan fingerprint density at radius 1 is 1.03 bits per heavy atom. The van der Waals surface area contributed by atoms with Crippen LogP contribution in [0, 0.1) is 6.92 Å². The molecule has 3 amide bonds. The zero-order valence-electron chi connectivity index (χ0n) is 20.3. The molecule has 0 saturated carbocycles. The van der Waals surface area contributed by atoms with Crippen LogP contribution in [0.25, 0.3) is 0 Å². The number of ether oxygens (including phenoxy) is 1. The molecule has 0 unspecified atom stereocenters. The summed E-state index contributed by atoms with van der Waals surface area (Å²) in [7, 11) is 3.18. The van der Waals surface area contributed by atoms with E-state index in [2.05, 4.69) is 15.7 Å². The van der Waals surface area contributed by atoms with Crippen molar-refractivity contribution in [3.8, 4) is 5.75 Å². The van der Waals surface area contributed by atoms with Crippen molar-refractivity contribution in [2.45, 2.75) is 39.0 Å². The van der Waals surface area contributed by atoms with Gasteiger partial charge in [0.2, 0.25) is 5.91 Å². The Bertz CT molecular complexity index is 1250. The molecule has 4 rings (SSSR count). The summed E-state index contributed by atoms with van der Waals surface area (Å²) < 4.78 is 6.58. The highest BCUT2D eigenvalue weighted by atomic mass is 16.5. The molecule has 2 heterocycles. The van der Waals surface area contributed by atoms with Crippen LogP contribution >= 0.6 is 0 Å². The van der Waals surface area contributed by atoms with Gasteiger partial charge >= 0.3 is 0 Å². The molecule has 0 aliphatic carbocycles. The number of aromatic nitrogens is 2. The average molecular weight is 476 g/mol. The van der Waals surface area contributed by atoms with E-state index in [1.807, 2.05) is 55.5 Å². The van der Waals surface area contributed by atoms with Crippen LogP contribution < -0.4 is 15.4 Å². The van der Waals surface area contributed by atoms with Crippen LogP contribution in [-0.4, -0.2) is 52.1 Å². The third kappa shape index (κ3) is 4.89. The van der Waals surface area contributed by atoms with Gasteiger partial charge in [0.1, 0.15) is 17.0 Å². The molecule has 2 aromatic carbocycles. The normalized spacial score (nSPS) is 17.0.